The Labute approximate surface area is 114 Å². The number of piperidine rings is 1. The zero-order valence-corrected chi connectivity index (χ0v) is 11.6. The number of amidine groups is 1. The largest absolute Gasteiger partial charge is 0.475 e. The zero-order valence-electron chi connectivity index (χ0n) is 11.6. The maximum absolute atomic E-state index is 7.63. The SMILES string of the molecule is Cc1ccnc(OCC2CCCCN2C)c1C(=N)N. The van der Waals surface area contributed by atoms with Crippen LogP contribution in [0, 0.1) is 12.3 Å². The number of pyridine rings is 1. The molecule has 1 saturated heterocycles. The number of hydrogen-bond donors (Lipinski definition) is 2. The van der Waals surface area contributed by atoms with Crippen LogP contribution in [-0.2, 0) is 0 Å². The Morgan fingerprint density at radius 2 is 2.37 bits per heavy atom. The third-order valence-electron chi connectivity index (χ3n) is 3.73. The average molecular weight is 262 g/mol. The molecule has 1 aliphatic heterocycles. The molecule has 104 valence electrons. The fourth-order valence-corrected chi connectivity index (χ4v) is 2.50. The van der Waals surface area contributed by atoms with E-state index >= 15 is 0 Å². The summed E-state index contributed by atoms with van der Waals surface area (Å²) in [5, 5.41) is 7.63. The van der Waals surface area contributed by atoms with E-state index in [-0.39, 0.29) is 5.84 Å². The Morgan fingerprint density at radius 3 is 3.05 bits per heavy atom. The molecule has 1 fully saturated rings. The van der Waals surface area contributed by atoms with Crippen LogP contribution in [0.25, 0.3) is 0 Å². The first-order chi connectivity index (χ1) is 9.09. The van der Waals surface area contributed by atoms with Gasteiger partial charge in [-0.25, -0.2) is 4.98 Å². The summed E-state index contributed by atoms with van der Waals surface area (Å²) < 4.78 is 5.82. The number of aromatic nitrogens is 1. The molecule has 1 unspecified atom stereocenters. The molecule has 0 aliphatic carbocycles. The minimum atomic E-state index is 0.0117. The molecular formula is C14H22N4O. The van der Waals surface area contributed by atoms with Crippen molar-refractivity contribution in [3.05, 3.63) is 23.4 Å². The molecule has 3 N–H and O–H groups in total. The topological polar surface area (TPSA) is 75.2 Å². The van der Waals surface area contributed by atoms with Gasteiger partial charge in [0.1, 0.15) is 12.4 Å². The molecule has 0 saturated carbocycles. The van der Waals surface area contributed by atoms with Gasteiger partial charge in [0.15, 0.2) is 0 Å². The second-order valence-electron chi connectivity index (χ2n) is 5.16. The molecule has 2 heterocycles. The number of rotatable bonds is 4. The number of nitrogens with two attached hydrogens (primary N) is 1. The minimum Gasteiger partial charge on any atom is -0.475 e. The Hall–Kier alpha value is -1.62. The average Bonchev–Trinajstić information content (AvgIpc) is 2.37. The van der Waals surface area contributed by atoms with Gasteiger partial charge in [-0.1, -0.05) is 6.42 Å². The predicted octanol–water partition coefficient (Wildman–Crippen LogP) is 1.54. The van der Waals surface area contributed by atoms with E-state index in [9.17, 15) is 0 Å². The molecule has 1 aromatic heterocycles. The van der Waals surface area contributed by atoms with E-state index in [0.29, 0.717) is 24.1 Å². The quantitative estimate of drug-likeness (QED) is 0.637. The second kappa shape index (κ2) is 6.02. The highest BCUT2D eigenvalue weighted by molar-refractivity contribution is 5.98. The van der Waals surface area contributed by atoms with E-state index in [2.05, 4.69) is 16.9 Å². The van der Waals surface area contributed by atoms with Crippen molar-refractivity contribution >= 4 is 5.84 Å². The first kappa shape index (κ1) is 13.8. The fourth-order valence-electron chi connectivity index (χ4n) is 2.50. The van der Waals surface area contributed by atoms with Crippen molar-refractivity contribution in [1.29, 1.82) is 5.41 Å². The monoisotopic (exact) mass is 262 g/mol. The standard InChI is InChI=1S/C14H22N4O/c1-10-6-7-17-14(12(10)13(15)16)19-9-11-5-3-4-8-18(11)2/h6-7,11H,3-5,8-9H2,1-2H3,(H3,15,16). The van der Waals surface area contributed by atoms with Crippen LogP contribution >= 0.6 is 0 Å². The smallest absolute Gasteiger partial charge is 0.224 e. The molecular weight excluding hydrogens is 240 g/mol. The first-order valence-corrected chi connectivity index (χ1v) is 6.72. The van der Waals surface area contributed by atoms with Crippen LogP contribution in [-0.4, -0.2) is 42.0 Å². The summed E-state index contributed by atoms with van der Waals surface area (Å²) in [6, 6.07) is 2.27. The number of nitrogens with zero attached hydrogens (tertiary/aromatic N) is 2. The normalized spacial score (nSPS) is 20.2. The molecule has 0 amide bonds. The van der Waals surface area contributed by atoms with Crippen LogP contribution in [0.3, 0.4) is 0 Å². The summed E-state index contributed by atoms with van der Waals surface area (Å²) in [5.74, 6) is 0.490. The predicted molar refractivity (Wildman–Crippen MR) is 75.8 cm³/mol. The van der Waals surface area contributed by atoms with Crippen LogP contribution in [0.5, 0.6) is 5.88 Å². The van der Waals surface area contributed by atoms with Crippen LogP contribution in [0.1, 0.15) is 30.4 Å². The van der Waals surface area contributed by atoms with Crippen molar-refractivity contribution in [1.82, 2.24) is 9.88 Å². The van der Waals surface area contributed by atoms with E-state index in [1.165, 1.54) is 12.8 Å². The van der Waals surface area contributed by atoms with Crippen molar-refractivity contribution in [3.63, 3.8) is 0 Å². The van der Waals surface area contributed by atoms with Crippen molar-refractivity contribution in [2.45, 2.75) is 32.2 Å². The van der Waals surface area contributed by atoms with Gasteiger partial charge >= 0.3 is 0 Å². The van der Waals surface area contributed by atoms with E-state index in [1.807, 2.05) is 13.0 Å². The van der Waals surface area contributed by atoms with E-state index in [4.69, 9.17) is 15.9 Å². The van der Waals surface area contributed by atoms with Gasteiger partial charge < -0.3 is 15.4 Å². The molecule has 0 bridgehead atoms. The van der Waals surface area contributed by atoms with Gasteiger partial charge in [0.05, 0.1) is 5.56 Å². The van der Waals surface area contributed by atoms with Gasteiger partial charge in [0.2, 0.25) is 5.88 Å². The van der Waals surface area contributed by atoms with Crippen LogP contribution in [0.2, 0.25) is 0 Å². The molecule has 0 spiro atoms. The summed E-state index contributed by atoms with van der Waals surface area (Å²) >= 11 is 0. The third kappa shape index (κ3) is 3.23. The molecule has 5 nitrogen and oxygen atoms in total. The van der Waals surface area contributed by atoms with Gasteiger partial charge in [-0.2, -0.15) is 0 Å². The molecule has 0 radical (unpaired) electrons. The van der Waals surface area contributed by atoms with E-state index in [1.54, 1.807) is 6.20 Å². The van der Waals surface area contributed by atoms with Crippen LogP contribution in [0.15, 0.2) is 12.3 Å². The molecule has 2 rings (SSSR count). The van der Waals surface area contributed by atoms with Gasteiger partial charge in [0.25, 0.3) is 0 Å². The van der Waals surface area contributed by atoms with E-state index in [0.717, 1.165) is 18.5 Å². The lowest BCUT2D eigenvalue weighted by Gasteiger charge is -2.32. The van der Waals surface area contributed by atoms with Crippen molar-refractivity contribution < 1.29 is 4.74 Å². The van der Waals surface area contributed by atoms with Gasteiger partial charge in [-0.3, -0.25) is 5.41 Å². The molecule has 1 aliphatic rings. The van der Waals surface area contributed by atoms with Crippen molar-refractivity contribution in [2.75, 3.05) is 20.2 Å². The lowest BCUT2D eigenvalue weighted by Crippen LogP contribution is -2.40. The highest BCUT2D eigenvalue weighted by Crippen LogP contribution is 2.20. The minimum absolute atomic E-state index is 0.0117. The highest BCUT2D eigenvalue weighted by atomic mass is 16.5. The summed E-state index contributed by atoms with van der Waals surface area (Å²) in [6.45, 7) is 3.64. The number of likely N-dealkylation sites (tertiary alicyclic amines) is 1. The molecule has 19 heavy (non-hydrogen) atoms. The Balaban J connectivity index is 2.07. The lowest BCUT2D eigenvalue weighted by molar-refractivity contribution is 0.122. The number of hydrogen-bond acceptors (Lipinski definition) is 4. The number of likely N-dealkylation sites (N-methyl/N-ethyl adjacent to an activating group) is 1. The second-order valence-corrected chi connectivity index (χ2v) is 5.16. The first-order valence-electron chi connectivity index (χ1n) is 6.72. The molecule has 1 atom stereocenters. The third-order valence-corrected chi connectivity index (χ3v) is 3.73. The lowest BCUT2D eigenvalue weighted by atomic mass is 10.0. The summed E-state index contributed by atoms with van der Waals surface area (Å²) in [6.07, 6.45) is 5.35. The number of ether oxygens (including phenoxy) is 1. The Kier molecular flexibility index (Phi) is 4.37. The van der Waals surface area contributed by atoms with Gasteiger partial charge in [-0.15, -0.1) is 0 Å². The Bertz CT molecular complexity index is 461. The number of aryl methyl sites for hydroxylation is 1. The summed E-state index contributed by atoms with van der Waals surface area (Å²) in [5.41, 5.74) is 7.14. The molecule has 5 heteroatoms. The van der Waals surface area contributed by atoms with Crippen LogP contribution < -0.4 is 10.5 Å². The van der Waals surface area contributed by atoms with Crippen molar-refractivity contribution in [2.24, 2.45) is 5.73 Å². The highest BCUT2D eigenvalue weighted by Gasteiger charge is 2.20. The zero-order chi connectivity index (χ0) is 13.8. The van der Waals surface area contributed by atoms with Gasteiger partial charge in [0, 0.05) is 12.2 Å². The van der Waals surface area contributed by atoms with Crippen LogP contribution in [0.4, 0.5) is 0 Å². The Morgan fingerprint density at radius 1 is 1.58 bits per heavy atom. The maximum atomic E-state index is 7.63. The number of nitrogen functional groups attached to an aromatic ring is 1. The molecule has 0 aromatic carbocycles. The number of nitrogens with one attached hydrogen (secondary N) is 1. The van der Waals surface area contributed by atoms with E-state index < -0.39 is 0 Å². The maximum Gasteiger partial charge on any atom is 0.224 e. The fraction of sp³-hybridized carbons (Fsp3) is 0.571. The summed E-state index contributed by atoms with van der Waals surface area (Å²) in [4.78, 5) is 6.53. The van der Waals surface area contributed by atoms with Gasteiger partial charge in [-0.05, 0) is 45.0 Å². The van der Waals surface area contributed by atoms with Crippen molar-refractivity contribution in [3.8, 4) is 5.88 Å². The molecule has 1 aromatic rings. The summed E-state index contributed by atoms with van der Waals surface area (Å²) in [7, 11) is 2.13.